The van der Waals surface area contributed by atoms with E-state index < -0.39 is 0 Å². The Morgan fingerprint density at radius 1 is 1.61 bits per heavy atom. The number of thiophene rings is 1. The molecule has 0 aliphatic carbocycles. The van der Waals surface area contributed by atoms with Crippen molar-refractivity contribution in [3.8, 4) is 0 Å². The standard InChI is InChI=1S/C12H12BrN3OS/c1-16(6-9-5-8(13)7-18-9)12(17)11-10(14)3-2-4-15-11/h2-5,7H,6,14H2,1H3. The van der Waals surface area contributed by atoms with Gasteiger partial charge in [0.15, 0.2) is 5.69 Å². The maximum Gasteiger partial charge on any atom is 0.274 e. The van der Waals surface area contributed by atoms with Gasteiger partial charge in [0.05, 0.1) is 12.2 Å². The predicted octanol–water partition coefficient (Wildman–Crippen LogP) is 2.76. The van der Waals surface area contributed by atoms with Crippen LogP contribution in [0, 0.1) is 0 Å². The molecular weight excluding hydrogens is 314 g/mol. The van der Waals surface area contributed by atoms with Crippen LogP contribution in [-0.4, -0.2) is 22.8 Å². The maximum atomic E-state index is 12.2. The molecule has 2 N–H and O–H groups in total. The lowest BCUT2D eigenvalue weighted by atomic mass is 10.2. The van der Waals surface area contributed by atoms with Crippen molar-refractivity contribution in [1.82, 2.24) is 9.88 Å². The van der Waals surface area contributed by atoms with Crippen molar-refractivity contribution in [2.75, 3.05) is 12.8 Å². The van der Waals surface area contributed by atoms with E-state index >= 15 is 0 Å². The number of carbonyl (C=O) groups is 1. The first-order chi connectivity index (χ1) is 8.58. The zero-order valence-corrected chi connectivity index (χ0v) is 12.2. The minimum Gasteiger partial charge on any atom is -0.397 e. The van der Waals surface area contributed by atoms with Crippen molar-refractivity contribution in [3.63, 3.8) is 0 Å². The summed E-state index contributed by atoms with van der Waals surface area (Å²) in [6, 6.07) is 5.38. The van der Waals surface area contributed by atoms with Gasteiger partial charge in [-0.25, -0.2) is 4.98 Å². The van der Waals surface area contributed by atoms with Crippen LogP contribution in [0.25, 0.3) is 0 Å². The van der Waals surface area contributed by atoms with Crippen molar-refractivity contribution >= 4 is 38.9 Å². The van der Waals surface area contributed by atoms with Gasteiger partial charge in [-0.2, -0.15) is 0 Å². The fraction of sp³-hybridized carbons (Fsp3) is 0.167. The van der Waals surface area contributed by atoms with E-state index in [0.29, 0.717) is 17.9 Å². The number of carbonyl (C=O) groups excluding carboxylic acids is 1. The first kappa shape index (κ1) is 13.0. The molecule has 0 unspecified atom stereocenters. The predicted molar refractivity (Wildman–Crippen MR) is 76.5 cm³/mol. The van der Waals surface area contributed by atoms with E-state index in [1.54, 1.807) is 41.6 Å². The van der Waals surface area contributed by atoms with E-state index in [-0.39, 0.29) is 5.91 Å². The molecule has 0 fully saturated rings. The third kappa shape index (κ3) is 2.88. The highest BCUT2D eigenvalue weighted by Crippen LogP contribution is 2.21. The Labute approximate surface area is 118 Å². The molecule has 1 amide bonds. The van der Waals surface area contributed by atoms with Crippen molar-refractivity contribution < 1.29 is 4.79 Å². The number of halogens is 1. The fourth-order valence-electron chi connectivity index (χ4n) is 1.52. The summed E-state index contributed by atoms with van der Waals surface area (Å²) < 4.78 is 1.03. The molecule has 0 atom stereocenters. The number of aromatic nitrogens is 1. The van der Waals surface area contributed by atoms with Gasteiger partial charge < -0.3 is 10.6 Å². The largest absolute Gasteiger partial charge is 0.397 e. The van der Waals surface area contributed by atoms with Gasteiger partial charge in [0, 0.05) is 28.0 Å². The van der Waals surface area contributed by atoms with Gasteiger partial charge >= 0.3 is 0 Å². The van der Waals surface area contributed by atoms with E-state index in [0.717, 1.165) is 9.35 Å². The molecule has 2 rings (SSSR count). The first-order valence-corrected chi connectivity index (χ1v) is 6.94. The number of hydrogen-bond acceptors (Lipinski definition) is 4. The normalized spacial score (nSPS) is 10.3. The topological polar surface area (TPSA) is 59.2 Å². The number of nitrogens with zero attached hydrogens (tertiary/aromatic N) is 2. The molecule has 0 aliphatic heterocycles. The van der Waals surface area contributed by atoms with Crippen LogP contribution in [0.4, 0.5) is 5.69 Å². The highest BCUT2D eigenvalue weighted by Gasteiger charge is 2.16. The Balaban J connectivity index is 2.12. The summed E-state index contributed by atoms with van der Waals surface area (Å²) in [6.45, 7) is 0.547. The lowest BCUT2D eigenvalue weighted by Gasteiger charge is -2.16. The number of rotatable bonds is 3. The van der Waals surface area contributed by atoms with Gasteiger partial charge in [-0.15, -0.1) is 11.3 Å². The fourth-order valence-corrected chi connectivity index (χ4v) is 3.02. The average molecular weight is 326 g/mol. The Kier molecular flexibility index (Phi) is 3.98. The molecule has 2 aromatic rings. The van der Waals surface area contributed by atoms with E-state index in [1.165, 1.54) is 0 Å². The van der Waals surface area contributed by atoms with E-state index in [1.807, 2.05) is 11.4 Å². The summed E-state index contributed by atoms with van der Waals surface area (Å²) >= 11 is 4.99. The van der Waals surface area contributed by atoms with Gasteiger partial charge in [0.2, 0.25) is 0 Å². The third-order valence-corrected chi connectivity index (χ3v) is 4.09. The van der Waals surface area contributed by atoms with E-state index in [2.05, 4.69) is 20.9 Å². The highest BCUT2D eigenvalue weighted by molar-refractivity contribution is 9.10. The molecule has 2 heterocycles. The SMILES string of the molecule is CN(Cc1cc(Br)cs1)C(=O)c1ncccc1N. The van der Waals surface area contributed by atoms with Crippen LogP contribution in [-0.2, 0) is 6.54 Å². The van der Waals surface area contributed by atoms with Crippen LogP contribution >= 0.6 is 27.3 Å². The molecule has 0 bridgehead atoms. The van der Waals surface area contributed by atoms with Crippen LogP contribution in [0.15, 0.2) is 34.2 Å². The second kappa shape index (κ2) is 5.49. The molecule has 0 saturated heterocycles. The van der Waals surface area contributed by atoms with Gasteiger partial charge in [-0.05, 0) is 34.1 Å². The number of amides is 1. The molecule has 0 aliphatic rings. The minimum absolute atomic E-state index is 0.169. The number of hydrogen-bond donors (Lipinski definition) is 1. The molecular formula is C12H12BrN3OS. The molecule has 4 nitrogen and oxygen atoms in total. The molecule has 94 valence electrons. The summed E-state index contributed by atoms with van der Waals surface area (Å²) in [5.41, 5.74) is 6.45. The van der Waals surface area contributed by atoms with Gasteiger partial charge in [0.1, 0.15) is 0 Å². The van der Waals surface area contributed by atoms with Gasteiger partial charge in [-0.3, -0.25) is 4.79 Å². The van der Waals surface area contributed by atoms with Crippen molar-refractivity contribution in [2.24, 2.45) is 0 Å². The zero-order chi connectivity index (χ0) is 13.1. The smallest absolute Gasteiger partial charge is 0.274 e. The average Bonchev–Trinajstić information content (AvgIpc) is 2.74. The van der Waals surface area contributed by atoms with Crippen LogP contribution in [0.3, 0.4) is 0 Å². The zero-order valence-electron chi connectivity index (χ0n) is 9.76. The monoisotopic (exact) mass is 325 g/mol. The lowest BCUT2D eigenvalue weighted by molar-refractivity contribution is 0.0782. The molecule has 0 aromatic carbocycles. The Morgan fingerprint density at radius 3 is 3.00 bits per heavy atom. The number of pyridine rings is 1. The van der Waals surface area contributed by atoms with E-state index in [9.17, 15) is 4.79 Å². The lowest BCUT2D eigenvalue weighted by Crippen LogP contribution is -2.27. The van der Waals surface area contributed by atoms with Crippen LogP contribution in [0.1, 0.15) is 15.4 Å². The Bertz CT molecular complexity index is 570. The van der Waals surface area contributed by atoms with Gasteiger partial charge in [-0.1, -0.05) is 0 Å². The van der Waals surface area contributed by atoms with Crippen LogP contribution < -0.4 is 5.73 Å². The summed E-state index contributed by atoms with van der Waals surface area (Å²) in [6.07, 6.45) is 1.57. The van der Waals surface area contributed by atoms with Crippen LogP contribution in [0.2, 0.25) is 0 Å². The molecule has 6 heteroatoms. The molecule has 18 heavy (non-hydrogen) atoms. The maximum absolute atomic E-state index is 12.2. The summed E-state index contributed by atoms with van der Waals surface area (Å²) in [4.78, 5) is 18.9. The summed E-state index contributed by atoms with van der Waals surface area (Å²) in [5.74, 6) is -0.169. The third-order valence-electron chi connectivity index (χ3n) is 2.40. The molecule has 0 radical (unpaired) electrons. The Hall–Kier alpha value is -1.40. The van der Waals surface area contributed by atoms with Gasteiger partial charge in [0.25, 0.3) is 5.91 Å². The van der Waals surface area contributed by atoms with Crippen molar-refractivity contribution in [2.45, 2.75) is 6.54 Å². The summed E-state index contributed by atoms with van der Waals surface area (Å²) in [7, 11) is 1.74. The second-order valence-electron chi connectivity index (χ2n) is 3.83. The van der Waals surface area contributed by atoms with Crippen LogP contribution in [0.5, 0.6) is 0 Å². The quantitative estimate of drug-likeness (QED) is 0.943. The van der Waals surface area contributed by atoms with Crippen molar-refractivity contribution in [1.29, 1.82) is 0 Å². The van der Waals surface area contributed by atoms with E-state index in [4.69, 9.17) is 5.73 Å². The number of nitrogen functional groups attached to an aromatic ring is 1. The summed E-state index contributed by atoms with van der Waals surface area (Å²) in [5, 5.41) is 1.99. The van der Waals surface area contributed by atoms with Crippen molar-refractivity contribution in [3.05, 3.63) is 44.8 Å². The molecule has 0 spiro atoms. The highest BCUT2D eigenvalue weighted by atomic mass is 79.9. The Morgan fingerprint density at radius 2 is 2.39 bits per heavy atom. The first-order valence-electron chi connectivity index (χ1n) is 5.27. The second-order valence-corrected chi connectivity index (χ2v) is 5.75. The minimum atomic E-state index is -0.169. The number of nitrogens with two attached hydrogens (primary N) is 1. The molecule has 0 saturated carbocycles. The molecule has 2 aromatic heterocycles. The number of anilines is 1.